The molecule has 0 N–H and O–H groups in total. The zero-order valence-corrected chi connectivity index (χ0v) is 25.0. The molecule has 0 bridgehead atoms. The summed E-state index contributed by atoms with van der Waals surface area (Å²) in [4.78, 5) is 39.6. The van der Waals surface area contributed by atoms with Crippen LogP contribution in [0.4, 0.5) is 0 Å². The van der Waals surface area contributed by atoms with Crippen molar-refractivity contribution >= 4 is 37.1 Å². The lowest BCUT2D eigenvalue weighted by molar-refractivity contribution is -0.141. The molecule has 0 aliphatic carbocycles. The number of hydrogen-bond donors (Lipinski definition) is 0. The van der Waals surface area contributed by atoms with Crippen LogP contribution < -0.4 is 9.47 Å². The lowest BCUT2D eigenvalue weighted by Gasteiger charge is -2.41. The molecular weight excluding hydrogens is 522 g/mol. The van der Waals surface area contributed by atoms with E-state index in [1.54, 1.807) is 48.4 Å². The molecule has 206 valence electrons. The summed E-state index contributed by atoms with van der Waals surface area (Å²) in [6.45, 7) is 11.8. The van der Waals surface area contributed by atoms with E-state index in [2.05, 4.69) is 33.9 Å². The molecular formula is C28H37NO7SSi. The zero-order valence-electron chi connectivity index (χ0n) is 23.2. The van der Waals surface area contributed by atoms with Gasteiger partial charge >= 0.3 is 5.97 Å². The van der Waals surface area contributed by atoms with Crippen molar-refractivity contribution in [3.63, 3.8) is 0 Å². The van der Waals surface area contributed by atoms with Gasteiger partial charge in [0, 0.05) is 23.7 Å². The number of carbonyl (C=O) groups is 3. The number of thioether (sulfide) groups is 1. The average Bonchev–Trinajstić information content (AvgIpc) is 2.88. The largest absolute Gasteiger partial charge is 0.497 e. The second-order valence-electron chi connectivity index (χ2n) is 10.6. The normalized spacial score (nSPS) is 15.6. The second kappa shape index (κ2) is 12.4. The molecule has 0 spiro atoms. The van der Waals surface area contributed by atoms with Crippen molar-refractivity contribution in [3.05, 3.63) is 59.2 Å². The summed E-state index contributed by atoms with van der Waals surface area (Å²) >= 11 is 1.10. The minimum absolute atomic E-state index is 0.00895. The number of rotatable bonds is 11. The van der Waals surface area contributed by atoms with Gasteiger partial charge in [0.05, 0.1) is 38.2 Å². The summed E-state index contributed by atoms with van der Waals surface area (Å²) in [6, 6.07) is 11.7. The zero-order chi connectivity index (χ0) is 28.1. The van der Waals surface area contributed by atoms with E-state index in [0.29, 0.717) is 42.2 Å². The van der Waals surface area contributed by atoms with Gasteiger partial charge in [-0.05, 0) is 42.4 Å². The van der Waals surface area contributed by atoms with Crippen molar-refractivity contribution in [3.8, 4) is 11.5 Å². The van der Waals surface area contributed by atoms with Crippen LogP contribution in [0.15, 0.2) is 42.5 Å². The average molecular weight is 560 g/mol. The van der Waals surface area contributed by atoms with Crippen LogP contribution in [-0.2, 0) is 20.6 Å². The van der Waals surface area contributed by atoms with Gasteiger partial charge < -0.3 is 23.5 Å². The van der Waals surface area contributed by atoms with E-state index in [1.165, 1.54) is 13.2 Å². The van der Waals surface area contributed by atoms with Crippen LogP contribution in [0.5, 0.6) is 11.5 Å². The number of amides is 1. The van der Waals surface area contributed by atoms with Crippen molar-refractivity contribution in [1.82, 2.24) is 4.90 Å². The molecule has 0 saturated carbocycles. The molecule has 38 heavy (non-hydrogen) atoms. The SMILES string of the molecule is COc1ccc(COC(=O)c2cccc(C(=O)S[C@@H]3CC(=O)N3CCO[Si](C)(C)C(C)(C)C)c2)c(OC)c1. The third-order valence-corrected chi connectivity index (χ3v) is 12.7. The lowest BCUT2D eigenvalue weighted by atomic mass is 10.1. The van der Waals surface area contributed by atoms with Gasteiger partial charge in [-0.3, -0.25) is 9.59 Å². The topological polar surface area (TPSA) is 91.4 Å². The maximum Gasteiger partial charge on any atom is 0.338 e. The van der Waals surface area contributed by atoms with Crippen LogP contribution >= 0.6 is 11.8 Å². The van der Waals surface area contributed by atoms with Gasteiger partial charge in [-0.1, -0.05) is 44.7 Å². The molecule has 8 nitrogen and oxygen atoms in total. The standard InChI is InChI=1S/C28H37NO7SSi/c1-28(2,3)38(6,7)36-14-13-29-24(30)17-25(29)37-27(32)20-10-8-9-19(15-20)26(31)35-18-21-11-12-22(33-4)16-23(21)34-5/h8-12,15-16,25H,13-14,17-18H2,1-7H3/t25-/m1/s1. The van der Waals surface area contributed by atoms with Gasteiger partial charge in [0.25, 0.3) is 0 Å². The second-order valence-corrected chi connectivity index (χ2v) is 16.6. The highest BCUT2D eigenvalue weighted by Gasteiger charge is 2.40. The summed E-state index contributed by atoms with van der Waals surface area (Å²) in [6.07, 6.45) is 0.307. The molecule has 0 radical (unpaired) electrons. The molecule has 1 heterocycles. The number of hydrogen-bond acceptors (Lipinski definition) is 8. The minimum atomic E-state index is -1.91. The monoisotopic (exact) mass is 559 g/mol. The number of methoxy groups -OCH3 is 2. The molecule has 1 saturated heterocycles. The Bertz CT molecular complexity index is 1180. The summed E-state index contributed by atoms with van der Waals surface area (Å²) in [7, 11) is 1.18. The van der Waals surface area contributed by atoms with Crippen molar-refractivity contribution in [2.45, 2.75) is 57.3 Å². The first-order chi connectivity index (χ1) is 17.9. The molecule has 1 aliphatic heterocycles. The molecule has 0 aromatic heterocycles. The quantitative estimate of drug-likeness (QED) is 0.202. The fourth-order valence-corrected chi connectivity index (χ4v) is 5.70. The number of nitrogens with zero attached hydrogens (tertiary/aromatic N) is 1. The van der Waals surface area contributed by atoms with Gasteiger partial charge in [0.15, 0.2) is 8.32 Å². The van der Waals surface area contributed by atoms with E-state index >= 15 is 0 Å². The van der Waals surface area contributed by atoms with Crippen LogP contribution in [0.1, 0.15) is 53.5 Å². The highest BCUT2D eigenvalue weighted by atomic mass is 32.2. The van der Waals surface area contributed by atoms with E-state index in [-0.39, 0.29) is 33.6 Å². The minimum Gasteiger partial charge on any atom is -0.497 e. The number of esters is 1. The predicted octanol–water partition coefficient (Wildman–Crippen LogP) is 5.51. The number of carbonyl (C=O) groups excluding carboxylic acids is 3. The predicted molar refractivity (Wildman–Crippen MR) is 150 cm³/mol. The van der Waals surface area contributed by atoms with Crippen LogP contribution in [0.25, 0.3) is 0 Å². The Hall–Kier alpha value is -2.82. The smallest absolute Gasteiger partial charge is 0.338 e. The molecule has 1 amide bonds. The number of likely N-dealkylation sites (tertiary alicyclic amines) is 1. The fraction of sp³-hybridized carbons (Fsp3) is 0.464. The van der Waals surface area contributed by atoms with E-state index in [4.69, 9.17) is 18.6 Å². The third kappa shape index (κ3) is 7.18. The first kappa shape index (κ1) is 29.7. The highest BCUT2D eigenvalue weighted by molar-refractivity contribution is 8.14. The maximum absolute atomic E-state index is 13.0. The Morgan fingerprint density at radius 3 is 2.39 bits per heavy atom. The molecule has 1 atom stereocenters. The summed E-state index contributed by atoms with van der Waals surface area (Å²) in [5.74, 6) is 0.647. The van der Waals surface area contributed by atoms with E-state index in [1.807, 2.05) is 0 Å². The molecule has 2 aromatic carbocycles. The molecule has 2 aromatic rings. The van der Waals surface area contributed by atoms with Crippen molar-refractivity contribution < 1.29 is 33.0 Å². The van der Waals surface area contributed by atoms with E-state index in [0.717, 1.165) is 11.8 Å². The van der Waals surface area contributed by atoms with Gasteiger partial charge in [-0.25, -0.2) is 4.79 Å². The van der Waals surface area contributed by atoms with Crippen molar-refractivity contribution in [2.24, 2.45) is 0 Å². The van der Waals surface area contributed by atoms with Gasteiger partial charge in [0.1, 0.15) is 18.1 Å². The summed E-state index contributed by atoms with van der Waals surface area (Å²) in [5, 5.41) is -0.358. The molecule has 0 unspecified atom stereocenters. The van der Waals surface area contributed by atoms with Crippen LogP contribution in [0, 0.1) is 0 Å². The maximum atomic E-state index is 13.0. The Balaban J connectivity index is 1.56. The Kier molecular flexibility index (Phi) is 9.67. The van der Waals surface area contributed by atoms with Crippen LogP contribution in [-0.4, -0.2) is 63.0 Å². The molecule has 1 fully saturated rings. The first-order valence-electron chi connectivity index (χ1n) is 12.5. The van der Waals surface area contributed by atoms with Crippen molar-refractivity contribution in [1.29, 1.82) is 0 Å². The Labute approximate surface area is 230 Å². The molecule has 1 aliphatic rings. The summed E-state index contributed by atoms with van der Waals surface area (Å²) < 4.78 is 22.2. The highest BCUT2D eigenvalue weighted by Crippen LogP contribution is 2.37. The van der Waals surface area contributed by atoms with Gasteiger partial charge in [0.2, 0.25) is 11.0 Å². The third-order valence-electron chi connectivity index (χ3n) is 7.05. The number of ether oxygens (including phenoxy) is 3. The van der Waals surface area contributed by atoms with Gasteiger partial charge in [-0.2, -0.15) is 0 Å². The van der Waals surface area contributed by atoms with Crippen LogP contribution in [0.3, 0.4) is 0 Å². The Morgan fingerprint density at radius 2 is 1.76 bits per heavy atom. The number of benzene rings is 2. The summed E-state index contributed by atoms with van der Waals surface area (Å²) in [5.41, 5.74) is 1.34. The molecule has 10 heteroatoms. The fourth-order valence-electron chi connectivity index (χ4n) is 3.58. The molecule has 3 rings (SSSR count). The Morgan fingerprint density at radius 1 is 1.05 bits per heavy atom. The van der Waals surface area contributed by atoms with Crippen LogP contribution in [0.2, 0.25) is 18.1 Å². The van der Waals surface area contributed by atoms with E-state index < -0.39 is 14.3 Å². The van der Waals surface area contributed by atoms with E-state index in [9.17, 15) is 14.4 Å². The first-order valence-corrected chi connectivity index (χ1v) is 16.3. The van der Waals surface area contributed by atoms with Gasteiger partial charge in [-0.15, -0.1) is 0 Å². The lowest BCUT2D eigenvalue weighted by Crippen LogP contribution is -2.53. The van der Waals surface area contributed by atoms with Crippen molar-refractivity contribution in [2.75, 3.05) is 27.4 Å². The number of β-lactam (4-membered cyclic amide) rings is 1.